The molecule has 1 unspecified atom stereocenters. The summed E-state index contributed by atoms with van der Waals surface area (Å²) in [5, 5.41) is 4.13. The Bertz CT molecular complexity index is 703. The molecule has 0 radical (unpaired) electrons. The average Bonchev–Trinajstić information content (AvgIpc) is 2.37. The van der Waals surface area contributed by atoms with Gasteiger partial charge >= 0.3 is 6.18 Å². The van der Waals surface area contributed by atoms with Crippen molar-refractivity contribution < 1.29 is 13.2 Å². The molecule has 0 saturated carbocycles. The molecule has 2 aromatic rings. The first-order valence-electron chi connectivity index (χ1n) is 6.24. The van der Waals surface area contributed by atoms with Crippen LogP contribution in [-0.4, -0.2) is 9.78 Å². The highest BCUT2D eigenvalue weighted by atomic mass is 19.4. The van der Waals surface area contributed by atoms with E-state index in [1.807, 2.05) is 0 Å². The first kappa shape index (κ1) is 15.2. The van der Waals surface area contributed by atoms with Crippen molar-refractivity contribution in [3.63, 3.8) is 0 Å². The maximum Gasteiger partial charge on any atom is 0.416 e. The number of nitrogens with zero attached hydrogens (tertiary/aromatic N) is 2. The Morgan fingerprint density at radius 3 is 2.29 bits per heavy atom. The quantitative estimate of drug-likeness (QED) is 0.926. The average molecular weight is 297 g/mol. The number of aromatic nitrogens is 2. The van der Waals surface area contributed by atoms with Crippen LogP contribution in [0.15, 0.2) is 35.1 Å². The molecule has 0 bridgehead atoms. The summed E-state index contributed by atoms with van der Waals surface area (Å²) in [6.07, 6.45) is -4.39. The lowest BCUT2D eigenvalue weighted by Crippen LogP contribution is -2.24. The molecule has 2 rings (SSSR count). The van der Waals surface area contributed by atoms with Crippen LogP contribution in [0.25, 0.3) is 5.69 Å². The predicted molar refractivity (Wildman–Crippen MR) is 72.2 cm³/mol. The standard InChI is InChI=1S/C14H14F3N3O/c1-8-7-12(21)13(9(2)18)19-20(8)11-5-3-10(4-6-11)14(15,16)17/h3-7,9H,18H2,1-2H3. The number of hydrogen-bond donors (Lipinski definition) is 1. The normalized spacial score (nSPS) is 13.2. The van der Waals surface area contributed by atoms with E-state index >= 15 is 0 Å². The van der Waals surface area contributed by atoms with E-state index in [0.717, 1.165) is 12.1 Å². The van der Waals surface area contributed by atoms with Gasteiger partial charge in [0.25, 0.3) is 0 Å². The molecule has 112 valence electrons. The summed E-state index contributed by atoms with van der Waals surface area (Å²) in [4.78, 5) is 11.7. The lowest BCUT2D eigenvalue weighted by molar-refractivity contribution is -0.137. The molecule has 1 heterocycles. The van der Waals surface area contributed by atoms with Crippen molar-refractivity contribution in [3.8, 4) is 5.69 Å². The van der Waals surface area contributed by atoms with Crippen LogP contribution in [0.5, 0.6) is 0 Å². The summed E-state index contributed by atoms with van der Waals surface area (Å²) in [5.74, 6) is 0. The molecule has 0 fully saturated rings. The van der Waals surface area contributed by atoms with Crippen molar-refractivity contribution in [2.24, 2.45) is 5.73 Å². The summed E-state index contributed by atoms with van der Waals surface area (Å²) in [6.45, 7) is 3.27. The SMILES string of the molecule is Cc1cc(=O)c(C(C)N)nn1-c1ccc(C(F)(F)F)cc1. The van der Waals surface area contributed by atoms with E-state index in [-0.39, 0.29) is 11.1 Å². The van der Waals surface area contributed by atoms with Crippen molar-refractivity contribution in [2.45, 2.75) is 26.1 Å². The monoisotopic (exact) mass is 297 g/mol. The van der Waals surface area contributed by atoms with E-state index in [1.165, 1.54) is 22.9 Å². The minimum absolute atomic E-state index is 0.167. The fraction of sp³-hybridized carbons (Fsp3) is 0.286. The van der Waals surface area contributed by atoms with Gasteiger partial charge in [0, 0.05) is 17.8 Å². The molecule has 4 nitrogen and oxygen atoms in total. The zero-order valence-corrected chi connectivity index (χ0v) is 11.5. The molecular weight excluding hydrogens is 283 g/mol. The van der Waals surface area contributed by atoms with Gasteiger partial charge in [0.05, 0.1) is 11.3 Å². The van der Waals surface area contributed by atoms with Gasteiger partial charge in [-0.1, -0.05) is 0 Å². The van der Waals surface area contributed by atoms with Gasteiger partial charge in [-0.2, -0.15) is 18.3 Å². The summed E-state index contributed by atoms with van der Waals surface area (Å²) in [5.41, 5.74) is 5.76. The number of halogens is 3. The van der Waals surface area contributed by atoms with E-state index in [0.29, 0.717) is 11.4 Å². The topological polar surface area (TPSA) is 60.9 Å². The second-order valence-corrected chi connectivity index (χ2v) is 4.78. The van der Waals surface area contributed by atoms with Crippen molar-refractivity contribution in [3.05, 3.63) is 57.5 Å². The zero-order chi connectivity index (χ0) is 15.8. The number of rotatable bonds is 2. The maximum atomic E-state index is 12.5. The Kier molecular flexibility index (Phi) is 3.87. The van der Waals surface area contributed by atoms with Crippen LogP contribution in [0.1, 0.15) is 29.9 Å². The highest BCUT2D eigenvalue weighted by molar-refractivity contribution is 5.36. The van der Waals surface area contributed by atoms with Crippen molar-refractivity contribution in [1.82, 2.24) is 9.78 Å². The Hall–Kier alpha value is -2.15. The van der Waals surface area contributed by atoms with Crippen molar-refractivity contribution >= 4 is 0 Å². The lowest BCUT2D eigenvalue weighted by Gasteiger charge is -2.13. The second-order valence-electron chi connectivity index (χ2n) is 4.78. The second kappa shape index (κ2) is 5.33. The Morgan fingerprint density at radius 2 is 1.81 bits per heavy atom. The Morgan fingerprint density at radius 1 is 1.24 bits per heavy atom. The molecule has 21 heavy (non-hydrogen) atoms. The van der Waals surface area contributed by atoms with E-state index in [4.69, 9.17) is 5.73 Å². The minimum Gasteiger partial charge on any atom is -0.323 e. The van der Waals surface area contributed by atoms with Crippen molar-refractivity contribution in [2.75, 3.05) is 0 Å². The number of alkyl halides is 3. The fourth-order valence-corrected chi connectivity index (χ4v) is 1.93. The van der Waals surface area contributed by atoms with Gasteiger partial charge in [-0.05, 0) is 38.1 Å². The number of aryl methyl sites for hydroxylation is 1. The predicted octanol–water partition coefficient (Wildman–Crippen LogP) is 2.58. The minimum atomic E-state index is -4.39. The van der Waals surface area contributed by atoms with Crippen LogP contribution >= 0.6 is 0 Å². The number of hydrogen-bond acceptors (Lipinski definition) is 3. The molecule has 0 amide bonds. The zero-order valence-electron chi connectivity index (χ0n) is 11.5. The van der Waals surface area contributed by atoms with Gasteiger partial charge in [0.1, 0.15) is 5.69 Å². The van der Waals surface area contributed by atoms with Crippen LogP contribution < -0.4 is 11.2 Å². The highest BCUT2D eigenvalue weighted by Gasteiger charge is 2.30. The van der Waals surface area contributed by atoms with Crippen LogP contribution in [0.2, 0.25) is 0 Å². The molecule has 0 aliphatic rings. The molecule has 0 aliphatic carbocycles. The molecule has 1 aromatic carbocycles. The molecule has 1 atom stereocenters. The molecular formula is C14H14F3N3O. The van der Waals surface area contributed by atoms with E-state index in [9.17, 15) is 18.0 Å². The van der Waals surface area contributed by atoms with Crippen LogP contribution in [0, 0.1) is 6.92 Å². The van der Waals surface area contributed by atoms with Crippen LogP contribution in [0.4, 0.5) is 13.2 Å². The van der Waals surface area contributed by atoms with Crippen LogP contribution in [-0.2, 0) is 6.18 Å². The van der Waals surface area contributed by atoms with E-state index in [1.54, 1.807) is 13.8 Å². The number of benzene rings is 1. The molecule has 0 aliphatic heterocycles. The van der Waals surface area contributed by atoms with Gasteiger partial charge in [-0.25, -0.2) is 4.68 Å². The summed E-state index contributed by atoms with van der Waals surface area (Å²) in [7, 11) is 0. The van der Waals surface area contributed by atoms with Gasteiger partial charge in [-0.15, -0.1) is 0 Å². The van der Waals surface area contributed by atoms with Gasteiger partial charge in [0.2, 0.25) is 5.43 Å². The van der Waals surface area contributed by atoms with Crippen molar-refractivity contribution in [1.29, 1.82) is 0 Å². The fourth-order valence-electron chi connectivity index (χ4n) is 1.93. The van der Waals surface area contributed by atoms with E-state index < -0.39 is 17.8 Å². The molecule has 7 heteroatoms. The van der Waals surface area contributed by atoms with Gasteiger partial charge in [0.15, 0.2) is 0 Å². The van der Waals surface area contributed by atoms with Gasteiger partial charge < -0.3 is 5.73 Å². The molecule has 0 spiro atoms. The van der Waals surface area contributed by atoms with Gasteiger partial charge in [-0.3, -0.25) is 4.79 Å². The summed E-state index contributed by atoms with van der Waals surface area (Å²) < 4.78 is 39.0. The summed E-state index contributed by atoms with van der Waals surface area (Å²) in [6, 6.07) is 5.36. The maximum absolute atomic E-state index is 12.5. The smallest absolute Gasteiger partial charge is 0.323 e. The number of nitrogens with two attached hydrogens (primary N) is 1. The van der Waals surface area contributed by atoms with Crippen LogP contribution in [0.3, 0.4) is 0 Å². The lowest BCUT2D eigenvalue weighted by atomic mass is 10.2. The first-order chi connectivity index (χ1) is 9.70. The molecule has 2 N–H and O–H groups in total. The third-order valence-electron chi connectivity index (χ3n) is 3.00. The molecule has 1 aromatic heterocycles. The largest absolute Gasteiger partial charge is 0.416 e. The molecule has 0 saturated heterocycles. The van der Waals surface area contributed by atoms with E-state index in [2.05, 4.69) is 5.10 Å². The highest BCUT2D eigenvalue weighted by Crippen LogP contribution is 2.29. The first-order valence-corrected chi connectivity index (χ1v) is 6.24. The third kappa shape index (κ3) is 3.13. The Labute approximate surface area is 119 Å². The Balaban J connectivity index is 2.52. The third-order valence-corrected chi connectivity index (χ3v) is 3.00. The summed E-state index contributed by atoms with van der Waals surface area (Å²) >= 11 is 0.